The number of ether oxygens (including phenoxy) is 2. The van der Waals surface area contributed by atoms with Crippen molar-refractivity contribution in [1.82, 2.24) is 9.88 Å². The van der Waals surface area contributed by atoms with Gasteiger partial charge >= 0.3 is 0 Å². The van der Waals surface area contributed by atoms with Gasteiger partial charge < -0.3 is 9.47 Å². The lowest BCUT2D eigenvalue weighted by Gasteiger charge is -2.32. The Morgan fingerprint density at radius 1 is 1.53 bits per heavy atom. The fraction of sp³-hybridized carbons (Fsp3) is 0.615. The van der Waals surface area contributed by atoms with Crippen molar-refractivity contribution in [3.05, 3.63) is 29.6 Å². The standard InChI is InChI=1S/C13H20N2O2/c1-11-4-3-5-12(14-11)8-15-6-7-17-13(9-15)10-16-2/h3-5,13H,6-10H2,1-2H3. The van der Waals surface area contributed by atoms with E-state index in [4.69, 9.17) is 9.47 Å². The molecule has 0 spiro atoms. The van der Waals surface area contributed by atoms with E-state index in [9.17, 15) is 0 Å². The zero-order valence-corrected chi connectivity index (χ0v) is 10.6. The summed E-state index contributed by atoms with van der Waals surface area (Å²) < 4.78 is 10.8. The van der Waals surface area contributed by atoms with Gasteiger partial charge in [0.05, 0.1) is 25.0 Å². The Kier molecular flexibility index (Phi) is 4.48. The number of aryl methyl sites for hydroxylation is 1. The molecule has 1 fully saturated rings. The van der Waals surface area contributed by atoms with Crippen molar-refractivity contribution in [2.75, 3.05) is 33.4 Å². The Hall–Kier alpha value is -0.970. The van der Waals surface area contributed by atoms with Gasteiger partial charge in [-0.15, -0.1) is 0 Å². The first kappa shape index (κ1) is 12.5. The quantitative estimate of drug-likeness (QED) is 0.787. The first-order valence-corrected chi connectivity index (χ1v) is 6.03. The molecule has 17 heavy (non-hydrogen) atoms. The Balaban J connectivity index is 1.90. The third kappa shape index (κ3) is 3.77. The molecule has 2 rings (SSSR count). The molecule has 0 N–H and O–H groups in total. The van der Waals surface area contributed by atoms with Crippen LogP contribution in [0.4, 0.5) is 0 Å². The van der Waals surface area contributed by atoms with E-state index in [1.54, 1.807) is 7.11 Å². The van der Waals surface area contributed by atoms with Gasteiger partial charge in [-0.05, 0) is 19.1 Å². The van der Waals surface area contributed by atoms with Crippen LogP contribution >= 0.6 is 0 Å². The highest BCUT2D eigenvalue weighted by molar-refractivity contribution is 5.09. The molecule has 1 atom stereocenters. The van der Waals surface area contributed by atoms with Crippen LogP contribution in [0.3, 0.4) is 0 Å². The second-order valence-corrected chi connectivity index (χ2v) is 4.45. The highest BCUT2D eigenvalue weighted by Crippen LogP contribution is 2.09. The molecule has 1 unspecified atom stereocenters. The Morgan fingerprint density at radius 2 is 2.41 bits per heavy atom. The topological polar surface area (TPSA) is 34.6 Å². The monoisotopic (exact) mass is 236 g/mol. The Bertz CT molecular complexity index is 355. The van der Waals surface area contributed by atoms with Crippen LogP contribution in [0.1, 0.15) is 11.4 Å². The second kappa shape index (κ2) is 6.10. The highest BCUT2D eigenvalue weighted by Gasteiger charge is 2.20. The van der Waals surface area contributed by atoms with E-state index in [1.165, 1.54) is 0 Å². The van der Waals surface area contributed by atoms with Gasteiger partial charge in [-0.1, -0.05) is 6.07 Å². The minimum absolute atomic E-state index is 0.193. The van der Waals surface area contributed by atoms with Gasteiger partial charge in [-0.2, -0.15) is 0 Å². The van der Waals surface area contributed by atoms with Crippen LogP contribution in [0.5, 0.6) is 0 Å². The molecule has 1 aliphatic rings. The fourth-order valence-electron chi connectivity index (χ4n) is 2.13. The summed E-state index contributed by atoms with van der Waals surface area (Å²) in [6, 6.07) is 6.16. The third-order valence-electron chi connectivity index (χ3n) is 2.91. The maximum Gasteiger partial charge on any atom is 0.0935 e. The smallest absolute Gasteiger partial charge is 0.0935 e. The summed E-state index contributed by atoms with van der Waals surface area (Å²) in [6.07, 6.45) is 0.193. The summed E-state index contributed by atoms with van der Waals surface area (Å²) in [5.41, 5.74) is 2.20. The van der Waals surface area contributed by atoms with Gasteiger partial charge in [0, 0.05) is 32.4 Å². The maximum atomic E-state index is 5.62. The van der Waals surface area contributed by atoms with Crippen molar-refractivity contribution in [3.8, 4) is 0 Å². The molecule has 0 aliphatic carbocycles. The largest absolute Gasteiger partial charge is 0.382 e. The first-order chi connectivity index (χ1) is 8.28. The SMILES string of the molecule is COCC1CN(Cc2cccc(C)n2)CCO1. The molecule has 0 saturated carbocycles. The van der Waals surface area contributed by atoms with Crippen LogP contribution in [0.2, 0.25) is 0 Å². The first-order valence-electron chi connectivity index (χ1n) is 6.03. The molecule has 94 valence electrons. The summed E-state index contributed by atoms with van der Waals surface area (Å²) >= 11 is 0. The molecule has 4 heteroatoms. The molecule has 0 aromatic carbocycles. The van der Waals surface area contributed by atoms with Crippen molar-refractivity contribution in [2.24, 2.45) is 0 Å². The molecular formula is C13H20N2O2. The van der Waals surface area contributed by atoms with Crippen LogP contribution in [0, 0.1) is 6.92 Å². The lowest BCUT2D eigenvalue weighted by atomic mass is 10.2. The molecule has 4 nitrogen and oxygen atoms in total. The van der Waals surface area contributed by atoms with Gasteiger partial charge in [0.2, 0.25) is 0 Å². The molecule has 1 aliphatic heterocycles. The number of morpholine rings is 1. The van der Waals surface area contributed by atoms with E-state index in [-0.39, 0.29) is 6.10 Å². The molecule has 1 saturated heterocycles. The normalized spacial score (nSPS) is 21.6. The summed E-state index contributed by atoms with van der Waals surface area (Å²) in [5.74, 6) is 0. The lowest BCUT2D eigenvalue weighted by molar-refractivity contribution is -0.0633. The van der Waals surface area contributed by atoms with E-state index >= 15 is 0 Å². The van der Waals surface area contributed by atoms with E-state index in [1.807, 2.05) is 13.0 Å². The minimum atomic E-state index is 0.193. The average molecular weight is 236 g/mol. The number of aromatic nitrogens is 1. The minimum Gasteiger partial charge on any atom is -0.382 e. The van der Waals surface area contributed by atoms with Gasteiger partial charge in [-0.25, -0.2) is 0 Å². The highest BCUT2D eigenvalue weighted by atomic mass is 16.5. The summed E-state index contributed by atoms with van der Waals surface area (Å²) in [6.45, 7) is 6.25. The summed E-state index contributed by atoms with van der Waals surface area (Å²) in [5, 5.41) is 0. The van der Waals surface area contributed by atoms with Gasteiger partial charge in [0.1, 0.15) is 0 Å². The number of rotatable bonds is 4. The molecule has 1 aromatic heterocycles. The number of hydrogen-bond donors (Lipinski definition) is 0. The summed E-state index contributed by atoms with van der Waals surface area (Å²) in [4.78, 5) is 6.89. The molecule has 1 aromatic rings. The molecule has 0 radical (unpaired) electrons. The second-order valence-electron chi connectivity index (χ2n) is 4.45. The van der Waals surface area contributed by atoms with Crippen molar-refractivity contribution in [3.63, 3.8) is 0 Å². The van der Waals surface area contributed by atoms with Gasteiger partial charge in [0.25, 0.3) is 0 Å². The van der Waals surface area contributed by atoms with E-state index in [0.29, 0.717) is 6.61 Å². The van der Waals surface area contributed by atoms with Crippen LogP contribution in [0.25, 0.3) is 0 Å². The van der Waals surface area contributed by atoms with E-state index < -0.39 is 0 Å². The number of nitrogens with zero attached hydrogens (tertiary/aromatic N) is 2. The van der Waals surface area contributed by atoms with Crippen LogP contribution in [0.15, 0.2) is 18.2 Å². The zero-order chi connectivity index (χ0) is 12.1. The van der Waals surface area contributed by atoms with Gasteiger partial charge in [0.15, 0.2) is 0 Å². The molecule has 2 heterocycles. The molecule has 0 amide bonds. The predicted molar refractivity (Wildman–Crippen MR) is 65.9 cm³/mol. The van der Waals surface area contributed by atoms with E-state index in [2.05, 4.69) is 22.0 Å². The Labute approximate surface area is 103 Å². The molecular weight excluding hydrogens is 216 g/mol. The summed E-state index contributed by atoms with van der Waals surface area (Å²) in [7, 11) is 1.71. The maximum absolute atomic E-state index is 5.62. The average Bonchev–Trinajstić information content (AvgIpc) is 2.30. The zero-order valence-electron chi connectivity index (χ0n) is 10.6. The van der Waals surface area contributed by atoms with E-state index in [0.717, 1.165) is 37.6 Å². The van der Waals surface area contributed by atoms with Crippen molar-refractivity contribution in [2.45, 2.75) is 19.6 Å². The van der Waals surface area contributed by atoms with Crippen LogP contribution in [-0.2, 0) is 16.0 Å². The fourth-order valence-corrected chi connectivity index (χ4v) is 2.13. The van der Waals surface area contributed by atoms with Gasteiger partial charge in [-0.3, -0.25) is 9.88 Å². The van der Waals surface area contributed by atoms with Crippen molar-refractivity contribution < 1.29 is 9.47 Å². The number of hydrogen-bond acceptors (Lipinski definition) is 4. The van der Waals surface area contributed by atoms with Crippen LogP contribution in [-0.4, -0.2) is 49.4 Å². The number of pyridine rings is 1. The lowest BCUT2D eigenvalue weighted by Crippen LogP contribution is -2.43. The van der Waals surface area contributed by atoms with Crippen LogP contribution < -0.4 is 0 Å². The Morgan fingerprint density at radius 3 is 3.18 bits per heavy atom. The number of methoxy groups -OCH3 is 1. The van der Waals surface area contributed by atoms with Crippen molar-refractivity contribution >= 4 is 0 Å². The van der Waals surface area contributed by atoms with Crippen molar-refractivity contribution in [1.29, 1.82) is 0 Å². The molecule has 0 bridgehead atoms. The predicted octanol–water partition coefficient (Wildman–Crippen LogP) is 1.24. The third-order valence-corrected chi connectivity index (χ3v) is 2.91.